The van der Waals surface area contributed by atoms with Crippen LogP contribution >= 0.6 is 0 Å². The van der Waals surface area contributed by atoms with Crippen LogP contribution in [0, 0.1) is 0 Å². The summed E-state index contributed by atoms with van der Waals surface area (Å²) in [5.41, 5.74) is 1.24. The molecule has 0 radical (unpaired) electrons. The summed E-state index contributed by atoms with van der Waals surface area (Å²) in [4.78, 5) is 4.49. The van der Waals surface area contributed by atoms with Crippen molar-refractivity contribution in [3.8, 4) is 0 Å². The fraction of sp³-hybridized carbons (Fsp3) is 0.875. The van der Waals surface area contributed by atoms with Crippen molar-refractivity contribution >= 4 is 5.71 Å². The van der Waals surface area contributed by atoms with Crippen LogP contribution in [0.3, 0.4) is 0 Å². The third kappa shape index (κ3) is 2.17. The second-order valence-corrected chi connectivity index (χ2v) is 3.01. The normalized spacial score (nSPS) is 20.2. The molecule has 9 heavy (non-hydrogen) atoms. The van der Waals surface area contributed by atoms with Crippen molar-refractivity contribution in [1.29, 1.82) is 0 Å². The molecule has 1 heteroatoms. The maximum atomic E-state index is 4.49. The molecule has 1 nitrogen and oxygen atoms in total. The second-order valence-electron chi connectivity index (χ2n) is 3.01. The fourth-order valence-corrected chi connectivity index (χ4v) is 1.40. The van der Waals surface area contributed by atoms with E-state index in [2.05, 4.69) is 18.8 Å². The lowest BCUT2D eigenvalue weighted by Crippen LogP contribution is -1.98. The Labute approximate surface area is 57.2 Å². The predicted octanol–water partition coefficient (Wildman–Crippen LogP) is 2.41. The minimum Gasteiger partial charge on any atom is -0.291 e. The molecule has 0 aliphatic heterocycles. The van der Waals surface area contributed by atoms with E-state index < -0.39 is 0 Å². The smallest absolute Gasteiger partial charge is 0.0498 e. The van der Waals surface area contributed by atoms with Crippen molar-refractivity contribution < 1.29 is 0 Å². The van der Waals surface area contributed by atoms with Gasteiger partial charge < -0.3 is 0 Å². The Morgan fingerprint density at radius 2 is 1.78 bits per heavy atom. The molecule has 1 rings (SSSR count). The van der Waals surface area contributed by atoms with Crippen LogP contribution in [0.2, 0.25) is 0 Å². The van der Waals surface area contributed by atoms with E-state index in [0.29, 0.717) is 6.04 Å². The SMILES string of the molecule is CC(C)=NC1CCCC1. The number of nitrogens with zero attached hydrogens (tertiary/aromatic N) is 1. The van der Waals surface area contributed by atoms with Gasteiger partial charge in [0.2, 0.25) is 0 Å². The highest BCUT2D eigenvalue weighted by Gasteiger charge is 2.12. The first-order valence-corrected chi connectivity index (χ1v) is 3.80. The van der Waals surface area contributed by atoms with E-state index in [9.17, 15) is 0 Å². The van der Waals surface area contributed by atoms with Gasteiger partial charge in [0.05, 0.1) is 0 Å². The molecular weight excluding hydrogens is 110 g/mol. The summed E-state index contributed by atoms with van der Waals surface area (Å²) in [5.74, 6) is 0. The Hall–Kier alpha value is -0.330. The van der Waals surface area contributed by atoms with Crippen LogP contribution in [0.1, 0.15) is 39.5 Å². The molecule has 1 fully saturated rings. The molecule has 0 unspecified atom stereocenters. The van der Waals surface area contributed by atoms with Crippen LogP contribution in [0.4, 0.5) is 0 Å². The van der Waals surface area contributed by atoms with Crippen molar-refractivity contribution in [3.63, 3.8) is 0 Å². The van der Waals surface area contributed by atoms with Gasteiger partial charge in [0, 0.05) is 11.8 Å². The molecule has 0 atom stereocenters. The van der Waals surface area contributed by atoms with Crippen LogP contribution in [0.5, 0.6) is 0 Å². The lowest BCUT2D eigenvalue weighted by Gasteiger charge is -2.00. The van der Waals surface area contributed by atoms with Crippen molar-refractivity contribution in [2.45, 2.75) is 45.6 Å². The molecule has 0 aromatic carbocycles. The minimum atomic E-state index is 0.676. The molecule has 52 valence electrons. The minimum absolute atomic E-state index is 0.676. The summed E-state index contributed by atoms with van der Waals surface area (Å²) in [6.45, 7) is 4.16. The number of aliphatic imine (C=N–C) groups is 1. The zero-order chi connectivity index (χ0) is 6.69. The molecule has 0 heterocycles. The molecule has 0 N–H and O–H groups in total. The lowest BCUT2D eigenvalue weighted by atomic mass is 10.2. The first kappa shape index (κ1) is 6.79. The van der Waals surface area contributed by atoms with Gasteiger partial charge in [-0.05, 0) is 26.7 Å². The first-order chi connectivity index (χ1) is 4.29. The molecule has 1 aliphatic rings. The van der Waals surface area contributed by atoms with Crippen LogP contribution in [-0.2, 0) is 0 Å². The molecule has 0 aromatic rings. The van der Waals surface area contributed by atoms with E-state index >= 15 is 0 Å². The third-order valence-corrected chi connectivity index (χ3v) is 1.77. The fourth-order valence-electron chi connectivity index (χ4n) is 1.40. The average molecular weight is 125 g/mol. The zero-order valence-electron chi connectivity index (χ0n) is 6.35. The summed E-state index contributed by atoms with van der Waals surface area (Å²) in [7, 11) is 0. The molecule has 0 aromatic heterocycles. The molecule has 1 saturated carbocycles. The van der Waals surface area contributed by atoms with Gasteiger partial charge in [-0.1, -0.05) is 12.8 Å². The van der Waals surface area contributed by atoms with E-state index in [1.54, 1.807) is 0 Å². The highest BCUT2D eigenvalue weighted by Crippen LogP contribution is 2.20. The van der Waals surface area contributed by atoms with Crippen LogP contribution < -0.4 is 0 Å². The topological polar surface area (TPSA) is 12.4 Å². The number of hydrogen-bond donors (Lipinski definition) is 0. The maximum absolute atomic E-state index is 4.49. The van der Waals surface area contributed by atoms with Crippen molar-refractivity contribution in [1.82, 2.24) is 0 Å². The van der Waals surface area contributed by atoms with Crippen LogP contribution in [-0.4, -0.2) is 11.8 Å². The summed E-state index contributed by atoms with van der Waals surface area (Å²) < 4.78 is 0. The average Bonchev–Trinajstić information content (AvgIpc) is 2.15. The molecule has 1 aliphatic carbocycles. The summed E-state index contributed by atoms with van der Waals surface area (Å²) in [6.07, 6.45) is 5.43. The summed E-state index contributed by atoms with van der Waals surface area (Å²) in [5, 5.41) is 0. The van der Waals surface area contributed by atoms with E-state index in [4.69, 9.17) is 0 Å². The summed E-state index contributed by atoms with van der Waals surface area (Å²) in [6, 6.07) is 0.676. The van der Waals surface area contributed by atoms with Gasteiger partial charge in [0.25, 0.3) is 0 Å². The summed E-state index contributed by atoms with van der Waals surface area (Å²) >= 11 is 0. The van der Waals surface area contributed by atoms with Gasteiger partial charge in [-0.2, -0.15) is 0 Å². The Bertz CT molecular complexity index is 106. The molecular formula is C8H15N. The second kappa shape index (κ2) is 3.00. The number of rotatable bonds is 1. The lowest BCUT2D eigenvalue weighted by molar-refractivity contribution is 0.706. The largest absolute Gasteiger partial charge is 0.291 e. The Morgan fingerprint density at radius 3 is 2.22 bits per heavy atom. The molecule has 0 spiro atoms. The van der Waals surface area contributed by atoms with Gasteiger partial charge in [0.15, 0.2) is 0 Å². The van der Waals surface area contributed by atoms with E-state index in [1.165, 1.54) is 31.4 Å². The van der Waals surface area contributed by atoms with Gasteiger partial charge in [-0.15, -0.1) is 0 Å². The van der Waals surface area contributed by atoms with Gasteiger partial charge >= 0.3 is 0 Å². The zero-order valence-corrected chi connectivity index (χ0v) is 6.35. The Kier molecular flexibility index (Phi) is 2.26. The van der Waals surface area contributed by atoms with Crippen molar-refractivity contribution in [2.24, 2.45) is 4.99 Å². The van der Waals surface area contributed by atoms with E-state index in [1.807, 2.05) is 0 Å². The van der Waals surface area contributed by atoms with Gasteiger partial charge in [0.1, 0.15) is 0 Å². The number of hydrogen-bond acceptors (Lipinski definition) is 1. The maximum Gasteiger partial charge on any atom is 0.0498 e. The van der Waals surface area contributed by atoms with Crippen molar-refractivity contribution in [2.75, 3.05) is 0 Å². The standard InChI is InChI=1S/C8H15N/c1-7(2)9-8-5-3-4-6-8/h8H,3-6H2,1-2H3. The van der Waals surface area contributed by atoms with E-state index in [-0.39, 0.29) is 0 Å². The van der Waals surface area contributed by atoms with Crippen molar-refractivity contribution in [3.05, 3.63) is 0 Å². The molecule has 0 bridgehead atoms. The molecule has 0 amide bonds. The monoisotopic (exact) mass is 125 g/mol. The van der Waals surface area contributed by atoms with Crippen LogP contribution in [0.15, 0.2) is 4.99 Å². The highest BCUT2D eigenvalue weighted by molar-refractivity contribution is 5.79. The van der Waals surface area contributed by atoms with Gasteiger partial charge in [-0.25, -0.2) is 0 Å². The quantitative estimate of drug-likeness (QED) is 0.477. The Balaban J connectivity index is 2.35. The Morgan fingerprint density at radius 1 is 1.22 bits per heavy atom. The molecule has 0 saturated heterocycles. The van der Waals surface area contributed by atoms with E-state index in [0.717, 1.165) is 0 Å². The first-order valence-electron chi connectivity index (χ1n) is 3.80. The van der Waals surface area contributed by atoms with Crippen LogP contribution in [0.25, 0.3) is 0 Å². The highest BCUT2D eigenvalue weighted by atomic mass is 14.8. The predicted molar refractivity (Wildman–Crippen MR) is 41.0 cm³/mol. The third-order valence-electron chi connectivity index (χ3n) is 1.77. The van der Waals surface area contributed by atoms with Gasteiger partial charge in [-0.3, -0.25) is 4.99 Å².